The fourth-order valence-corrected chi connectivity index (χ4v) is 3.19. The van der Waals surface area contributed by atoms with Gasteiger partial charge < -0.3 is 10.2 Å². The van der Waals surface area contributed by atoms with Crippen molar-refractivity contribution in [3.8, 4) is 5.69 Å². The minimum absolute atomic E-state index is 0.0174. The van der Waals surface area contributed by atoms with E-state index >= 15 is 0 Å². The van der Waals surface area contributed by atoms with Gasteiger partial charge in [-0.05, 0) is 52.9 Å². The molecule has 2 aromatic carbocycles. The number of nitrogens with one attached hydrogen (secondary N) is 1. The molecule has 0 spiro atoms. The first-order valence-electron chi connectivity index (χ1n) is 8.88. The van der Waals surface area contributed by atoms with Crippen molar-refractivity contribution >= 4 is 17.5 Å². The highest BCUT2D eigenvalue weighted by molar-refractivity contribution is 6.00. The maximum absolute atomic E-state index is 13.4. The molecule has 3 aromatic rings. The smallest absolute Gasteiger partial charge is 0.227 e. The van der Waals surface area contributed by atoms with Gasteiger partial charge in [0.15, 0.2) is 5.82 Å². The van der Waals surface area contributed by atoms with Crippen LogP contribution < -0.4 is 10.2 Å². The van der Waals surface area contributed by atoms with Gasteiger partial charge in [0, 0.05) is 18.7 Å². The Balaban J connectivity index is 1.40. The summed E-state index contributed by atoms with van der Waals surface area (Å²) in [5.41, 5.74) is 0.972. The van der Waals surface area contributed by atoms with Crippen LogP contribution in [0.5, 0.6) is 0 Å². The molecule has 2 heterocycles. The number of hydrogen-bond acceptors (Lipinski definition) is 5. The summed E-state index contributed by atoms with van der Waals surface area (Å²) in [6, 6.07) is 11.3. The maximum atomic E-state index is 13.4. The SMILES string of the molecule is O=C(NCc1nnnn1-c1cccc(F)c1)[C@H]1CC(=O)N(c2ccc(F)cc2)C1. The van der Waals surface area contributed by atoms with E-state index in [1.54, 1.807) is 6.07 Å². The number of rotatable bonds is 5. The molecule has 0 aliphatic carbocycles. The lowest BCUT2D eigenvalue weighted by molar-refractivity contribution is -0.126. The Hall–Kier alpha value is -3.69. The number of aromatic nitrogens is 4. The number of amides is 2. The van der Waals surface area contributed by atoms with E-state index < -0.39 is 17.6 Å². The van der Waals surface area contributed by atoms with Crippen LogP contribution in [0.4, 0.5) is 14.5 Å². The molecule has 1 N–H and O–H groups in total. The zero-order chi connectivity index (χ0) is 20.4. The molecule has 1 atom stereocenters. The number of carbonyl (C=O) groups is 2. The van der Waals surface area contributed by atoms with Crippen LogP contribution >= 0.6 is 0 Å². The molecular formula is C19H16F2N6O2. The molecule has 1 aromatic heterocycles. The van der Waals surface area contributed by atoms with Crippen LogP contribution in [0.25, 0.3) is 5.69 Å². The normalized spacial score (nSPS) is 16.3. The van der Waals surface area contributed by atoms with E-state index in [1.165, 1.54) is 52.0 Å². The molecule has 1 fully saturated rings. The summed E-state index contributed by atoms with van der Waals surface area (Å²) in [7, 11) is 0. The average Bonchev–Trinajstić information content (AvgIpc) is 3.33. The number of hydrogen-bond donors (Lipinski definition) is 1. The predicted molar refractivity (Wildman–Crippen MR) is 97.8 cm³/mol. The van der Waals surface area contributed by atoms with E-state index in [0.717, 1.165) is 0 Å². The molecule has 4 rings (SSSR count). The monoisotopic (exact) mass is 398 g/mol. The molecule has 1 saturated heterocycles. The number of anilines is 1. The van der Waals surface area contributed by atoms with Gasteiger partial charge in [-0.1, -0.05) is 6.07 Å². The minimum atomic E-state index is -0.550. The Labute approximate surface area is 164 Å². The summed E-state index contributed by atoms with van der Waals surface area (Å²) in [6.45, 7) is 0.217. The van der Waals surface area contributed by atoms with Gasteiger partial charge in [0.1, 0.15) is 11.6 Å². The lowest BCUT2D eigenvalue weighted by Gasteiger charge is -2.16. The van der Waals surface area contributed by atoms with Crippen LogP contribution in [0.3, 0.4) is 0 Å². The van der Waals surface area contributed by atoms with Crippen molar-refractivity contribution in [2.24, 2.45) is 5.92 Å². The van der Waals surface area contributed by atoms with E-state index in [1.807, 2.05) is 0 Å². The molecule has 0 radical (unpaired) electrons. The van der Waals surface area contributed by atoms with Crippen LogP contribution in [-0.4, -0.2) is 38.6 Å². The lowest BCUT2D eigenvalue weighted by atomic mass is 10.1. The van der Waals surface area contributed by atoms with Gasteiger partial charge in [-0.15, -0.1) is 5.10 Å². The summed E-state index contributed by atoms with van der Waals surface area (Å²) in [6.07, 6.45) is 0.0536. The average molecular weight is 398 g/mol. The van der Waals surface area contributed by atoms with E-state index in [0.29, 0.717) is 17.2 Å². The van der Waals surface area contributed by atoms with Crippen LogP contribution in [0.1, 0.15) is 12.2 Å². The fraction of sp³-hybridized carbons (Fsp3) is 0.211. The Morgan fingerprint density at radius 2 is 1.90 bits per heavy atom. The Morgan fingerprint density at radius 1 is 1.10 bits per heavy atom. The standard InChI is InChI=1S/C19H16F2N6O2/c20-13-4-6-15(7-5-13)26-11-12(8-18(26)28)19(29)22-10-17-23-24-25-27(17)16-3-1-2-14(21)9-16/h1-7,9,12H,8,10-11H2,(H,22,29)/t12-/m0/s1. The molecule has 1 aliphatic heterocycles. The maximum Gasteiger partial charge on any atom is 0.227 e. The van der Waals surface area contributed by atoms with E-state index in [4.69, 9.17) is 0 Å². The Kier molecular flexibility index (Phi) is 4.98. The second-order valence-electron chi connectivity index (χ2n) is 6.59. The molecule has 29 heavy (non-hydrogen) atoms. The van der Waals surface area contributed by atoms with Crippen molar-refractivity contribution in [1.29, 1.82) is 0 Å². The third-order valence-electron chi connectivity index (χ3n) is 4.64. The van der Waals surface area contributed by atoms with Gasteiger partial charge in [0.25, 0.3) is 0 Å². The fourth-order valence-electron chi connectivity index (χ4n) is 3.19. The number of nitrogens with zero attached hydrogens (tertiary/aromatic N) is 5. The van der Waals surface area contributed by atoms with Gasteiger partial charge in [-0.3, -0.25) is 9.59 Å². The molecule has 0 bridgehead atoms. The molecule has 8 nitrogen and oxygen atoms in total. The third-order valence-corrected chi connectivity index (χ3v) is 4.64. The Morgan fingerprint density at radius 3 is 2.66 bits per heavy atom. The number of halogens is 2. The summed E-state index contributed by atoms with van der Waals surface area (Å²) < 4.78 is 27.8. The predicted octanol–water partition coefficient (Wildman–Crippen LogP) is 1.61. The molecule has 10 heteroatoms. The van der Waals surface area contributed by atoms with Crippen LogP contribution in [0.15, 0.2) is 48.5 Å². The van der Waals surface area contributed by atoms with Crippen molar-refractivity contribution in [2.75, 3.05) is 11.4 Å². The first-order chi connectivity index (χ1) is 14.0. The first-order valence-corrected chi connectivity index (χ1v) is 8.88. The highest BCUT2D eigenvalue weighted by atomic mass is 19.1. The molecule has 1 aliphatic rings. The number of tetrazole rings is 1. The van der Waals surface area contributed by atoms with Crippen molar-refractivity contribution in [3.63, 3.8) is 0 Å². The Bertz CT molecular complexity index is 1050. The van der Waals surface area contributed by atoms with Crippen LogP contribution in [0.2, 0.25) is 0 Å². The zero-order valence-corrected chi connectivity index (χ0v) is 15.1. The summed E-state index contributed by atoms with van der Waals surface area (Å²) in [5.74, 6) is -1.59. The van der Waals surface area contributed by atoms with Gasteiger partial charge in [-0.2, -0.15) is 4.68 Å². The zero-order valence-electron chi connectivity index (χ0n) is 15.1. The van der Waals surface area contributed by atoms with Crippen molar-refractivity contribution < 1.29 is 18.4 Å². The van der Waals surface area contributed by atoms with Gasteiger partial charge in [0.2, 0.25) is 11.8 Å². The van der Waals surface area contributed by atoms with Gasteiger partial charge >= 0.3 is 0 Å². The van der Waals surface area contributed by atoms with Crippen LogP contribution in [0, 0.1) is 17.6 Å². The molecule has 148 valence electrons. The minimum Gasteiger partial charge on any atom is -0.348 e. The van der Waals surface area contributed by atoms with E-state index in [-0.39, 0.29) is 31.3 Å². The third kappa shape index (κ3) is 3.96. The highest BCUT2D eigenvalue weighted by Gasteiger charge is 2.35. The largest absolute Gasteiger partial charge is 0.348 e. The van der Waals surface area contributed by atoms with E-state index in [9.17, 15) is 18.4 Å². The highest BCUT2D eigenvalue weighted by Crippen LogP contribution is 2.25. The second kappa shape index (κ2) is 7.74. The van der Waals surface area contributed by atoms with Crippen LogP contribution in [-0.2, 0) is 16.1 Å². The first kappa shape index (κ1) is 18.7. The van der Waals surface area contributed by atoms with Gasteiger partial charge in [-0.25, -0.2) is 8.78 Å². The summed E-state index contributed by atoms with van der Waals surface area (Å²) in [4.78, 5) is 26.2. The number of carbonyl (C=O) groups excluding carboxylic acids is 2. The molecular weight excluding hydrogens is 382 g/mol. The molecule has 2 amide bonds. The molecule has 0 saturated carbocycles. The summed E-state index contributed by atoms with van der Waals surface area (Å²) in [5, 5.41) is 14.0. The molecule has 0 unspecified atom stereocenters. The van der Waals surface area contributed by atoms with Gasteiger partial charge in [0.05, 0.1) is 18.2 Å². The second-order valence-corrected chi connectivity index (χ2v) is 6.59. The van der Waals surface area contributed by atoms with Crippen molar-refractivity contribution in [2.45, 2.75) is 13.0 Å². The summed E-state index contributed by atoms with van der Waals surface area (Å²) >= 11 is 0. The van der Waals surface area contributed by atoms with Crippen molar-refractivity contribution in [1.82, 2.24) is 25.5 Å². The number of benzene rings is 2. The van der Waals surface area contributed by atoms with Crippen molar-refractivity contribution in [3.05, 3.63) is 66.0 Å². The quantitative estimate of drug-likeness (QED) is 0.705. The lowest BCUT2D eigenvalue weighted by Crippen LogP contribution is -2.33. The topological polar surface area (TPSA) is 93.0 Å². The van der Waals surface area contributed by atoms with E-state index in [2.05, 4.69) is 20.8 Å².